The zero-order chi connectivity index (χ0) is 22.9. The summed E-state index contributed by atoms with van der Waals surface area (Å²) in [5.41, 5.74) is 3.76. The Bertz CT molecular complexity index is 658. The van der Waals surface area contributed by atoms with Crippen LogP contribution in [0, 0.1) is 11.8 Å². The van der Waals surface area contributed by atoms with Crippen molar-refractivity contribution in [2.45, 2.75) is 79.6 Å². The van der Waals surface area contributed by atoms with E-state index in [1.165, 1.54) is 16.7 Å². The van der Waals surface area contributed by atoms with Crippen LogP contribution in [-0.2, 0) is 23.1 Å². The molecule has 1 amide bonds. The van der Waals surface area contributed by atoms with Crippen LogP contribution in [0.25, 0.3) is 0 Å². The highest BCUT2D eigenvalue weighted by Crippen LogP contribution is 2.37. The average molecular weight is 419 g/mol. The van der Waals surface area contributed by atoms with Crippen LogP contribution in [0.3, 0.4) is 0 Å². The third-order valence-electron chi connectivity index (χ3n) is 5.13. The van der Waals surface area contributed by atoms with Crippen LogP contribution in [0.2, 0.25) is 0 Å². The SMILES string of the molecule is CC(C)CCOc1c(CC(C)C)cc(CCC(=O)NCCN(C)C)cc1C(C)(C)C. The quantitative estimate of drug-likeness (QED) is 0.506. The van der Waals surface area contributed by atoms with Crippen molar-refractivity contribution in [2.75, 3.05) is 33.8 Å². The van der Waals surface area contributed by atoms with Crippen molar-refractivity contribution in [3.05, 3.63) is 28.8 Å². The molecule has 1 aromatic carbocycles. The van der Waals surface area contributed by atoms with Crippen LogP contribution in [0.5, 0.6) is 5.75 Å². The first kappa shape index (κ1) is 26.5. The molecule has 0 unspecified atom stereocenters. The van der Waals surface area contributed by atoms with Crippen LogP contribution in [-0.4, -0.2) is 44.6 Å². The van der Waals surface area contributed by atoms with Gasteiger partial charge in [0.15, 0.2) is 0 Å². The second-order valence-corrected chi connectivity index (χ2v) is 10.7. The highest BCUT2D eigenvalue weighted by Gasteiger charge is 2.23. The highest BCUT2D eigenvalue weighted by atomic mass is 16.5. The molecule has 0 aliphatic carbocycles. The number of nitrogens with zero attached hydrogens (tertiary/aromatic N) is 1. The summed E-state index contributed by atoms with van der Waals surface area (Å²) in [7, 11) is 4.03. The molecule has 4 heteroatoms. The summed E-state index contributed by atoms with van der Waals surface area (Å²) in [4.78, 5) is 14.3. The summed E-state index contributed by atoms with van der Waals surface area (Å²) < 4.78 is 6.38. The lowest BCUT2D eigenvalue weighted by Crippen LogP contribution is -2.31. The van der Waals surface area contributed by atoms with E-state index < -0.39 is 0 Å². The van der Waals surface area contributed by atoms with E-state index in [1.807, 2.05) is 14.1 Å². The maximum Gasteiger partial charge on any atom is 0.220 e. The fourth-order valence-corrected chi connectivity index (χ4v) is 3.38. The average Bonchev–Trinajstić information content (AvgIpc) is 2.59. The minimum atomic E-state index is -0.0110. The van der Waals surface area contributed by atoms with E-state index in [0.717, 1.165) is 38.2 Å². The van der Waals surface area contributed by atoms with Gasteiger partial charge in [0.05, 0.1) is 6.61 Å². The van der Waals surface area contributed by atoms with Gasteiger partial charge in [0.2, 0.25) is 5.91 Å². The number of carbonyl (C=O) groups is 1. The molecular formula is C26H46N2O2. The Morgan fingerprint density at radius 2 is 1.77 bits per heavy atom. The summed E-state index contributed by atoms with van der Waals surface area (Å²) >= 11 is 0. The maximum absolute atomic E-state index is 12.3. The van der Waals surface area contributed by atoms with Crippen molar-refractivity contribution < 1.29 is 9.53 Å². The first-order chi connectivity index (χ1) is 13.9. The highest BCUT2D eigenvalue weighted by molar-refractivity contribution is 5.76. The van der Waals surface area contributed by atoms with Crippen molar-refractivity contribution in [3.8, 4) is 5.75 Å². The number of benzene rings is 1. The molecule has 1 N–H and O–H groups in total. The van der Waals surface area contributed by atoms with Crippen molar-refractivity contribution in [3.63, 3.8) is 0 Å². The minimum absolute atomic E-state index is 0.0110. The predicted molar refractivity (Wildman–Crippen MR) is 129 cm³/mol. The Hall–Kier alpha value is -1.55. The molecule has 4 nitrogen and oxygen atoms in total. The van der Waals surface area contributed by atoms with Gasteiger partial charge in [-0.3, -0.25) is 4.79 Å². The number of amides is 1. The molecule has 0 atom stereocenters. The third-order valence-corrected chi connectivity index (χ3v) is 5.13. The van der Waals surface area contributed by atoms with E-state index in [9.17, 15) is 4.79 Å². The van der Waals surface area contributed by atoms with E-state index in [-0.39, 0.29) is 11.3 Å². The molecular weight excluding hydrogens is 372 g/mol. The van der Waals surface area contributed by atoms with Crippen LogP contribution < -0.4 is 10.1 Å². The van der Waals surface area contributed by atoms with Gasteiger partial charge in [0.1, 0.15) is 5.75 Å². The number of aryl methyl sites for hydroxylation is 1. The fraction of sp³-hybridized carbons (Fsp3) is 0.731. The smallest absolute Gasteiger partial charge is 0.220 e. The number of rotatable bonds is 12. The molecule has 0 saturated carbocycles. The Morgan fingerprint density at radius 1 is 1.10 bits per heavy atom. The van der Waals surface area contributed by atoms with Gasteiger partial charge in [-0.2, -0.15) is 0 Å². The van der Waals surface area contributed by atoms with Crippen LogP contribution in [0.15, 0.2) is 12.1 Å². The Kier molecular flexibility index (Phi) is 10.9. The van der Waals surface area contributed by atoms with E-state index in [4.69, 9.17) is 4.74 Å². The van der Waals surface area contributed by atoms with Crippen molar-refractivity contribution in [1.29, 1.82) is 0 Å². The van der Waals surface area contributed by atoms with Gasteiger partial charge in [-0.15, -0.1) is 0 Å². The number of hydrogen-bond acceptors (Lipinski definition) is 3. The monoisotopic (exact) mass is 418 g/mol. The fourth-order valence-electron chi connectivity index (χ4n) is 3.38. The predicted octanol–water partition coefficient (Wildman–Crippen LogP) is 5.22. The second kappa shape index (κ2) is 12.3. The molecule has 0 aliphatic rings. The molecule has 0 heterocycles. The van der Waals surface area contributed by atoms with Gasteiger partial charge in [-0.25, -0.2) is 0 Å². The molecule has 1 rings (SSSR count). The Labute approximate surface area is 185 Å². The number of ether oxygens (including phenoxy) is 1. The molecule has 0 bridgehead atoms. The molecule has 0 radical (unpaired) electrons. The summed E-state index contributed by atoms with van der Waals surface area (Å²) in [6, 6.07) is 4.54. The molecule has 30 heavy (non-hydrogen) atoms. The second-order valence-electron chi connectivity index (χ2n) is 10.7. The van der Waals surface area contributed by atoms with Gasteiger partial charge in [0, 0.05) is 25.1 Å². The molecule has 0 aliphatic heterocycles. The minimum Gasteiger partial charge on any atom is -0.493 e. The molecule has 172 valence electrons. The van der Waals surface area contributed by atoms with Crippen molar-refractivity contribution in [1.82, 2.24) is 10.2 Å². The van der Waals surface area contributed by atoms with E-state index >= 15 is 0 Å². The largest absolute Gasteiger partial charge is 0.493 e. The van der Waals surface area contributed by atoms with Gasteiger partial charge < -0.3 is 15.0 Å². The lowest BCUT2D eigenvalue weighted by atomic mass is 9.82. The number of hydrogen-bond donors (Lipinski definition) is 1. The van der Waals surface area contributed by atoms with E-state index in [0.29, 0.717) is 24.8 Å². The molecule has 0 fully saturated rings. The topological polar surface area (TPSA) is 41.6 Å². The number of likely N-dealkylation sites (N-methyl/N-ethyl adjacent to an activating group) is 1. The van der Waals surface area contributed by atoms with Gasteiger partial charge >= 0.3 is 0 Å². The maximum atomic E-state index is 12.3. The number of nitrogens with one attached hydrogen (secondary N) is 1. The summed E-state index contributed by atoms with van der Waals surface area (Å²) in [5.74, 6) is 2.37. The van der Waals surface area contributed by atoms with Crippen molar-refractivity contribution in [2.24, 2.45) is 11.8 Å². The van der Waals surface area contributed by atoms with Gasteiger partial charge in [-0.05, 0) is 61.7 Å². The standard InChI is InChI=1S/C26H46N2O2/c1-19(2)12-15-30-25-22(16-20(3)4)17-21(18-23(25)26(5,6)7)10-11-24(29)27-13-14-28(8)9/h17-20H,10-16H2,1-9H3,(H,27,29). The molecule has 1 aromatic rings. The van der Waals surface area contributed by atoms with E-state index in [1.54, 1.807) is 0 Å². The lowest BCUT2D eigenvalue weighted by Gasteiger charge is -2.27. The van der Waals surface area contributed by atoms with Crippen LogP contribution in [0.4, 0.5) is 0 Å². The summed E-state index contributed by atoms with van der Waals surface area (Å²) in [6.45, 7) is 18.0. The Morgan fingerprint density at radius 3 is 2.30 bits per heavy atom. The van der Waals surface area contributed by atoms with E-state index in [2.05, 4.69) is 70.8 Å². The van der Waals surface area contributed by atoms with Gasteiger partial charge in [-0.1, -0.05) is 60.6 Å². The molecule has 0 aromatic heterocycles. The number of carbonyl (C=O) groups excluding carboxylic acids is 1. The van der Waals surface area contributed by atoms with Crippen LogP contribution in [0.1, 0.15) is 78.0 Å². The molecule has 0 saturated heterocycles. The zero-order valence-electron chi connectivity index (χ0n) is 21.0. The Balaban J connectivity index is 3.06. The van der Waals surface area contributed by atoms with Gasteiger partial charge in [0.25, 0.3) is 0 Å². The summed E-state index contributed by atoms with van der Waals surface area (Å²) in [6.07, 6.45) is 3.32. The molecule has 0 spiro atoms. The first-order valence-corrected chi connectivity index (χ1v) is 11.6. The summed E-state index contributed by atoms with van der Waals surface area (Å²) in [5, 5.41) is 3.02. The normalized spacial score (nSPS) is 12.1. The van der Waals surface area contributed by atoms with Crippen LogP contribution >= 0.6 is 0 Å². The van der Waals surface area contributed by atoms with Crippen molar-refractivity contribution >= 4 is 5.91 Å². The first-order valence-electron chi connectivity index (χ1n) is 11.6. The third kappa shape index (κ3) is 9.97. The zero-order valence-corrected chi connectivity index (χ0v) is 21.0. The lowest BCUT2D eigenvalue weighted by molar-refractivity contribution is -0.121.